The van der Waals surface area contributed by atoms with Gasteiger partial charge in [-0.15, -0.1) is 12.4 Å². The maximum atomic E-state index is 12.8. The number of nitrogens with zero attached hydrogens (tertiary/aromatic N) is 2. The lowest BCUT2D eigenvalue weighted by atomic mass is 9.99. The van der Waals surface area contributed by atoms with E-state index in [9.17, 15) is 13.2 Å². The van der Waals surface area contributed by atoms with Crippen LogP contribution in [-0.2, 0) is 11.7 Å². The lowest BCUT2D eigenvalue weighted by Gasteiger charge is -2.17. The molecule has 2 aliphatic rings. The van der Waals surface area contributed by atoms with Crippen LogP contribution in [0.3, 0.4) is 0 Å². The summed E-state index contributed by atoms with van der Waals surface area (Å²) in [4.78, 5) is 4.45. The fourth-order valence-electron chi connectivity index (χ4n) is 3.60. The second kappa shape index (κ2) is 6.29. The lowest BCUT2D eigenvalue weighted by molar-refractivity contribution is -0.137. The standard InChI is InChI=1S/C17H18F3N3O.ClH/c18-17(19,20)11-5-3-4-10(8-11)12-9-13(12)14-22-15(23-24-14)16(21)6-1-2-7-16;/h3-5,8,12-13H,1-2,6-7,9,21H2;1H. The van der Waals surface area contributed by atoms with Gasteiger partial charge in [0.2, 0.25) is 5.89 Å². The third-order valence-corrected chi connectivity index (χ3v) is 5.13. The molecule has 136 valence electrons. The van der Waals surface area contributed by atoms with Crippen LogP contribution >= 0.6 is 12.4 Å². The largest absolute Gasteiger partial charge is 0.416 e. The van der Waals surface area contributed by atoms with E-state index >= 15 is 0 Å². The van der Waals surface area contributed by atoms with Gasteiger partial charge in [0.25, 0.3) is 0 Å². The average Bonchev–Trinajstić information content (AvgIpc) is 2.96. The molecule has 2 aliphatic carbocycles. The highest BCUT2D eigenvalue weighted by molar-refractivity contribution is 5.85. The molecule has 8 heteroatoms. The second-order valence-corrected chi connectivity index (χ2v) is 6.89. The van der Waals surface area contributed by atoms with Crippen molar-refractivity contribution < 1.29 is 17.7 Å². The second-order valence-electron chi connectivity index (χ2n) is 6.89. The summed E-state index contributed by atoms with van der Waals surface area (Å²) < 4.78 is 43.9. The maximum Gasteiger partial charge on any atom is 0.416 e. The molecule has 2 aromatic rings. The van der Waals surface area contributed by atoms with Gasteiger partial charge in [0, 0.05) is 5.92 Å². The highest BCUT2D eigenvalue weighted by atomic mass is 35.5. The van der Waals surface area contributed by atoms with Crippen molar-refractivity contribution in [3.63, 3.8) is 0 Å². The van der Waals surface area contributed by atoms with Crippen LogP contribution in [-0.4, -0.2) is 10.1 Å². The minimum atomic E-state index is -4.33. The van der Waals surface area contributed by atoms with Gasteiger partial charge in [-0.1, -0.05) is 36.2 Å². The Morgan fingerprint density at radius 2 is 1.88 bits per heavy atom. The Balaban J connectivity index is 0.00000182. The van der Waals surface area contributed by atoms with Gasteiger partial charge in [-0.2, -0.15) is 18.2 Å². The molecule has 1 heterocycles. The van der Waals surface area contributed by atoms with Crippen LogP contribution in [0.25, 0.3) is 0 Å². The van der Waals surface area contributed by atoms with E-state index in [1.165, 1.54) is 12.1 Å². The number of halogens is 4. The van der Waals surface area contributed by atoms with Gasteiger partial charge in [-0.25, -0.2) is 0 Å². The molecule has 2 fully saturated rings. The zero-order valence-corrected chi connectivity index (χ0v) is 14.2. The van der Waals surface area contributed by atoms with Crippen molar-refractivity contribution in [2.45, 2.75) is 55.7 Å². The van der Waals surface area contributed by atoms with Crippen LogP contribution in [0, 0.1) is 0 Å². The molecular formula is C17H19ClF3N3O. The number of aromatic nitrogens is 2. The minimum absolute atomic E-state index is 0. The molecule has 2 unspecified atom stereocenters. The summed E-state index contributed by atoms with van der Waals surface area (Å²) in [5, 5.41) is 4.03. The van der Waals surface area contributed by atoms with Gasteiger partial charge in [0.15, 0.2) is 5.82 Å². The van der Waals surface area contributed by atoms with Gasteiger partial charge in [0.05, 0.1) is 11.1 Å². The van der Waals surface area contributed by atoms with Crippen molar-refractivity contribution in [3.8, 4) is 0 Å². The zero-order chi connectivity index (χ0) is 16.9. The molecule has 25 heavy (non-hydrogen) atoms. The van der Waals surface area contributed by atoms with Crippen LogP contribution in [0.2, 0.25) is 0 Å². The quantitative estimate of drug-likeness (QED) is 0.859. The minimum Gasteiger partial charge on any atom is -0.339 e. The van der Waals surface area contributed by atoms with E-state index in [1.54, 1.807) is 6.07 Å². The molecule has 0 amide bonds. The first-order valence-corrected chi connectivity index (χ1v) is 8.17. The molecule has 4 nitrogen and oxygen atoms in total. The van der Waals surface area contributed by atoms with Crippen LogP contribution in [0.15, 0.2) is 28.8 Å². The molecule has 4 rings (SSSR count). The zero-order valence-electron chi connectivity index (χ0n) is 13.4. The van der Waals surface area contributed by atoms with E-state index in [0.717, 1.165) is 38.2 Å². The summed E-state index contributed by atoms with van der Waals surface area (Å²) in [5.74, 6) is 1.01. The normalized spacial score (nSPS) is 24.8. The summed E-state index contributed by atoms with van der Waals surface area (Å²) in [6.45, 7) is 0. The Kier molecular flexibility index (Phi) is 4.58. The third kappa shape index (κ3) is 3.40. The number of hydrogen-bond donors (Lipinski definition) is 1. The molecule has 0 aliphatic heterocycles. The number of benzene rings is 1. The SMILES string of the molecule is Cl.NC1(c2noc(C3CC3c3cccc(C(F)(F)F)c3)n2)CCCC1. The molecule has 2 atom stereocenters. The van der Waals surface area contributed by atoms with Crippen LogP contribution in [0.4, 0.5) is 13.2 Å². The van der Waals surface area contributed by atoms with Gasteiger partial charge in [0.1, 0.15) is 0 Å². The lowest BCUT2D eigenvalue weighted by Crippen LogP contribution is -2.34. The maximum absolute atomic E-state index is 12.8. The van der Waals surface area contributed by atoms with Crippen molar-refractivity contribution in [3.05, 3.63) is 47.1 Å². The van der Waals surface area contributed by atoms with E-state index in [-0.39, 0.29) is 24.2 Å². The van der Waals surface area contributed by atoms with Crippen LogP contribution in [0.1, 0.15) is 66.8 Å². The van der Waals surface area contributed by atoms with Crippen LogP contribution < -0.4 is 5.73 Å². The number of rotatable bonds is 3. The summed E-state index contributed by atoms with van der Waals surface area (Å²) in [6, 6.07) is 5.46. The first-order valence-electron chi connectivity index (χ1n) is 8.17. The van der Waals surface area contributed by atoms with E-state index in [2.05, 4.69) is 10.1 Å². The van der Waals surface area contributed by atoms with Crippen LogP contribution in [0.5, 0.6) is 0 Å². The molecule has 0 saturated heterocycles. The van der Waals surface area contributed by atoms with Crippen molar-refractivity contribution >= 4 is 12.4 Å². The third-order valence-electron chi connectivity index (χ3n) is 5.13. The van der Waals surface area contributed by atoms with Crippen molar-refractivity contribution in [1.29, 1.82) is 0 Å². The summed E-state index contributed by atoms with van der Waals surface area (Å²) in [7, 11) is 0. The molecule has 2 N–H and O–H groups in total. The summed E-state index contributed by atoms with van der Waals surface area (Å²) in [5.41, 5.74) is 5.85. The number of alkyl halides is 3. The van der Waals surface area contributed by atoms with Gasteiger partial charge in [-0.05, 0) is 36.8 Å². The fraction of sp³-hybridized carbons (Fsp3) is 0.529. The van der Waals surface area contributed by atoms with Crippen molar-refractivity contribution in [2.24, 2.45) is 5.73 Å². The Bertz CT molecular complexity index is 756. The monoisotopic (exact) mass is 373 g/mol. The first-order chi connectivity index (χ1) is 11.4. The molecule has 1 aromatic carbocycles. The predicted octanol–water partition coefficient (Wildman–Crippen LogP) is 4.51. The Morgan fingerprint density at radius 1 is 1.16 bits per heavy atom. The Morgan fingerprint density at radius 3 is 2.56 bits per heavy atom. The fourth-order valence-corrected chi connectivity index (χ4v) is 3.60. The summed E-state index contributed by atoms with van der Waals surface area (Å²) >= 11 is 0. The first kappa shape index (κ1) is 18.2. The molecule has 0 spiro atoms. The predicted molar refractivity (Wildman–Crippen MR) is 87.4 cm³/mol. The average molecular weight is 374 g/mol. The molecular weight excluding hydrogens is 355 g/mol. The van der Waals surface area contributed by atoms with E-state index in [4.69, 9.17) is 10.3 Å². The summed E-state index contributed by atoms with van der Waals surface area (Å²) in [6.07, 6.45) is 0.182. The Hall–Kier alpha value is -1.60. The van der Waals surface area contributed by atoms with E-state index in [1.807, 2.05) is 0 Å². The highest BCUT2D eigenvalue weighted by Crippen LogP contribution is 2.54. The highest BCUT2D eigenvalue weighted by Gasteiger charge is 2.46. The number of nitrogens with two attached hydrogens (primary N) is 1. The van der Waals surface area contributed by atoms with E-state index < -0.39 is 17.3 Å². The molecule has 1 aromatic heterocycles. The molecule has 2 saturated carbocycles. The van der Waals surface area contributed by atoms with Gasteiger partial charge in [-0.3, -0.25) is 0 Å². The molecule has 0 radical (unpaired) electrons. The van der Waals surface area contributed by atoms with Crippen molar-refractivity contribution in [2.75, 3.05) is 0 Å². The Labute approximate surface area is 149 Å². The van der Waals surface area contributed by atoms with Gasteiger partial charge < -0.3 is 10.3 Å². The van der Waals surface area contributed by atoms with Gasteiger partial charge >= 0.3 is 6.18 Å². The topological polar surface area (TPSA) is 64.9 Å². The molecule has 0 bridgehead atoms. The van der Waals surface area contributed by atoms with E-state index in [0.29, 0.717) is 17.3 Å². The van der Waals surface area contributed by atoms with Crippen molar-refractivity contribution in [1.82, 2.24) is 10.1 Å². The smallest absolute Gasteiger partial charge is 0.339 e. The number of hydrogen-bond acceptors (Lipinski definition) is 4.